The number of rotatable bonds is 8. The molecule has 6 nitrogen and oxygen atoms in total. The molecule has 0 aliphatic carbocycles. The first-order valence-corrected chi connectivity index (χ1v) is 12.3. The monoisotopic (exact) mass is 554 g/mol. The van der Waals surface area contributed by atoms with Crippen molar-refractivity contribution in [2.75, 3.05) is 25.9 Å². The predicted octanol–water partition coefficient (Wildman–Crippen LogP) is 3.67. The molecule has 0 aromatic heterocycles. The standard InChI is InChI=1S/C20H34N4O2S2.HI/c1-6-21-19(23-15-20(4)12-7-13-27-20)22-14-17-8-10-18(11-9-17)28(25,26)24(5)16(2)3;/h8-11,16H,6-7,12-15H2,1-5H3,(H2,21,22,23);1H. The van der Waals surface area contributed by atoms with Gasteiger partial charge in [-0.25, -0.2) is 13.4 Å². The highest BCUT2D eigenvalue weighted by Crippen LogP contribution is 2.36. The van der Waals surface area contributed by atoms with Crippen LogP contribution < -0.4 is 10.6 Å². The second-order valence-corrected chi connectivity index (χ2v) is 11.4. The van der Waals surface area contributed by atoms with Crippen molar-refractivity contribution >= 4 is 51.7 Å². The topological polar surface area (TPSA) is 73.8 Å². The van der Waals surface area contributed by atoms with Crippen LogP contribution in [-0.2, 0) is 16.6 Å². The van der Waals surface area contributed by atoms with Crippen LogP contribution >= 0.6 is 35.7 Å². The minimum absolute atomic E-state index is 0. The van der Waals surface area contributed by atoms with E-state index in [0.29, 0.717) is 11.4 Å². The zero-order valence-corrected chi connectivity index (χ0v) is 22.0. The molecule has 0 spiro atoms. The Morgan fingerprint density at radius 2 is 1.93 bits per heavy atom. The smallest absolute Gasteiger partial charge is 0.243 e. The molecular formula is C20H35IN4O2S2. The summed E-state index contributed by atoms with van der Waals surface area (Å²) in [5.74, 6) is 2.03. The Balaban J connectivity index is 0.00000420. The van der Waals surface area contributed by atoms with Gasteiger partial charge in [0.25, 0.3) is 0 Å². The van der Waals surface area contributed by atoms with Gasteiger partial charge in [0.15, 0.2) is 5.96 Å². The maximum atomic E-state index is 12.6. The molecule has 0 amide bonds. The zero-order valence-electron chi connectivity index (χ0n) is 18.1. The third-order valence-corrected chi connectivity index (χ3v) is 8.61. The zero-order chi connectivity index (χ0) is 20.8. The van der Waals surface area contributed by atoms with Gasteiger partial charge in [-0.3, -0.25) is 0 Å². The Morgan fingerprint density at radius 1 is 1.28 bits per heavy atom. The fourth-order valence-corrected chi connectivity index (χ4v) is 5.58. The maximum absolute atomic E-state index is 12.6. The van der Waals surface area contributed by atoms with E-state index in [9.17, 15) is 8.42 Å². The van der Waals surface area contributed by atoms with Crippen LogP contribution in [0.2, 0.25) is 0 Å². The van der Waals surface area contributed by atoms with E-state index in [2.05, 4.69) is 22.5 Å². The molecule has 2 rings (SSSR count). The van der Waals surface area contributed by atoms with Gasteiger partial charge >= 0.3 is 0 Å². The van der Waals surface area contributed by atoms with E-state index in [1.54, 1.807) is 19.2 Å². The number of halogens is 1. The van der Waals surface area contributed by atoms with E-state index in [4.69, 9.17) is 0 Å². The van der Waals surface area contributed by atoms with Crippen LogP contribution in [0.1, 0.15) is 46.1 Å². The number of hydrogen-bond donors (Lipinski definition) is 2. The van der Waals surface area contributed by atoms with Crippen molar-refractivity contribution in [2.45, 2.75) is 62.8 Å². The van der Waals surface area contributed by atoms with Crippen LogP contribution in [0, 0.1) is 0 Å². The van der Waals surface area contributed by atoms with E-state index in [1.807, 2.05) is 44.7 Å². The summed E-state index contributed by atoms with van der Waals surface area (Å²) in [6.45, 7) is 10.3. The number of nitrogens with zero attached hydrogens (tertiary/aromatic N) is 2. The van der Waals surface area contributed by atoms with Gasteiger partial charge in [-0.2, -0.15) is 16.1 Å². The average molecular weight is 555 g/mol. The van der Waals surface area contributed by atoms with Gasteiger partial charge in [-0.15, -0.1) is 24.0 Å². The van der Waals surface area contributed by atoms with Gasteiger partial charge < -0.3 is 10.6 Å². The van der Waals surface area contributed by atoms with Crippen LogP contribution in [0.25, 0.3) is 0 Å². The number of nitrogens with one attached hydrogen (secondary N) is 2. The first kappa shape index (κ1) is 26.5. The summed E-state index contributed by atoms with van der Waals surface area (Å²) < 4.78 is 26.8. The summed E-state index contributed by atoms with van der Waals surface area (Å²) in [7, 11) is -1.84. The van der Waals surface area contributed by atoms with Crippen molar-refractivity contribution in [3.63, 3.8) is 0 Å². The summed E-state index contributed by atoms with van der Waals surface area (Å²) in [5, 5.41) is 6.74. The summed E-state index contributed by atoms with van der Waals surface area (Å²) in [6.07, 6.45) is 2.50. The van der Waals surface area contributed by atoms with E-state index >= 15 is 0 Å². The van der Waals surface area contributed by atoms with Crippen molar-refractivity contribution in [3.05, 3.63) is 29.8 Å². The van der Waals surface area contributed by atoms with Crippen LogP contribution in [0.4, 0.5) is 0 Å². The molecule has 9 heteroatoms. The second kappa shape index (κ2) is 11.8. The van der Waals surface area contributed by atoms with Gasteiger partial charge in [0.2, 0.25) is 10.0 Å². The number of hydrogen-bond acceptors (Lipinski definition) is 4. The van der Waals surface area contributed by atoms with Crippen LogP contribution in [0.3, 0.4) is 0 Å². The first-order valence-electron chi connectivity index (χ1n) is 9.91. The molecule has 0 bridgehead atoms. The third kappa shape index (κ3) is 7.59. The fraction of sp³-hybridized carbons (Fsp3) is 0.650. The SMILES string of the molecule is CCNC(=NCc1ccc(S(=O)(=O)N(C)C(C)C)cc1)NCC1(C)CCCS1.I. The highest BCUT2D eigenvalue weighted by molar-refractivity contribution is 14.0. The van der Waals surface area contributed by atoms with Gasteiger partial charge in [0.05, 0.1) is 11.4 Å². The summed E-state index contributed by atoms with van der Waals surface area (Å²) >= 11 is 2.02. The molecule has 166 valence electrons. The summed E-state index contributed by atoms with van der Waals surface area (Å²) in [4.78, 5) is 4.97. The van der Waals surface area contributed by atoms with Gasteiger partial charge in [-0.05, 0) is 64.0 Å². The Labute approximate surface area is 197 Å². The predicted molar refractivity (Wildman–Crippen MR) is 135 cm³/mol. The molecule has 1 aliphatic rings. The molecule has 1 unspecified atom stereocenters. The lowest BCUT2D eigenvalue weighted by Gasteiger charge is -2.24. The molecule has 1 heterocycles. The molecule has 1 aromatic carbocycles. The summed E-state index contributed by atoms with van der Waals surface area (Å²) in [5.41, 5.74) is 0.977. The molecule has 2 N–H and O–H groups in total. The van der Waals surface area contributed by atoms with Crippen molar-refractivity contribution in [1.82, 2.24) is 14.9 Å². The van der Waals surface area contributed by atoms with Gasteiger partial charge in [-0.1, -0.05) is 12.1 Å². The Kier molecular flexibility index (Phi) is 10.8. The Bertz CT molecular complexity index is 761. The number of guanidine groups is 1. The molecule has 0 radical (unpaired) electrons. The van der Waals surface area contributed by atoms with Gasteiger partial charge in [0, 0.05) is 30.9 Å². The van der Waals surface area contributed by atoms with E-state index < -0.39 is 10.0 Å². The number of thioether (sulfide) groups is 1. The third-order valence-electron chi connectivity index (χ3n) is 5.02. The highest BCUT2D eigenvalue weighted by atomic mass is 127. The lowest BCUT2D eigenvalue weighted by atomic mass is 10.1. The minimum atomic E-state index is -3.45. The van der Waals surface area contributed by atoms with Gasteiger partial charge in [0.1, 0.15) is 0 Å². The molecule has 0 saturated carbocycles. The minimum Gasteiger partial charge on any atom is -0.357 e. The molecule has 1 aromatic rings. The summed E-state index contributed by atoms with van der Waals surface area (Å²) in [6, 6.07) is 6.92. The van der Waals surface area contributed by atoms with Crippen LogP contribution in [0.5, 0.6) is 0 Å². The lowest BCUT2D eigenvalue weighted by Crippen LogP contribution is -2.43. The van der Waals surface area contributed by atoms with Crippen LogP contribution in [-0.4, -0.2) is 55.4 Å². The Hall–Kier alpha value is -0.520. The average Bonchev–Trinajstić information content (AvgIpc) is 3.10. The van der Waals surface area contributed by atoms with E-state index in [1.165, 1.54) is 22.9 Å². The number of benzene rings is 1. The highest BCUT2D eigenvalue weighted by Gasteiger charge is 2.29. The Morgan fingerprint density at radius 3 is 2.45 bits per heavy atom. The molecule has 1 saturated heterocycles. The number of aliphatic imine (C=N–C) groups is 1. The normalized spacial score (nSPS) is 20.0. The number of sulfonamides is 1. The quantitative estimate of drug-likeness (QED) is 0.292. The molecular weight excluding hydrogens is 519 g/mol. The van der Waals surface area contributed by atoms with Crippen LogP contribution in [0.15, 0.2) is 34.2 Å². The second-order valence-electron chi connectivity index (χ2n) is 7.71. The molecule has 1 fully saturated rings. The molecule has 1 atom stereocenters. The molecule has 1 aliphatic heterocycles. The largest absolute Gasteiger partial charge is 0.357 e. The fourth-order valence-electron chi connectivity index (χ4n) is 2.97. The lowest BCUT2D eigenvalue weighted by molar-refractivity contribution is 0.410. The van der Waals surface area contributed by atoms with E-state index in [-0.39, 0.29) is 34.8 Å². The van der Waals surface area contributed by atoms with Crippen molar-refractivity contribution in [3.8, 4) is 0 Å². The van der Waals surface area contributed by atoms with E-state index in [0.717, 1.165) is 24.6 Å². The first-order chi connectivity index (χ1) is 13.2. The van der Waals surface area contributed by atoms with Crippen molar-refractivity contribution < 1.29 is 8.42 Å². The maximum Gasteiger partial charge on any atom is 0.243 e. The van der Waals surface area contributed by atoms with Crippen molar-refractivity contribution in [2.24, 2.45) is 4.99 Å². The van der Waals surface area contributed by atoms with Crippen molar-refractivity contribution in [1.29, 1.82) is 0 Å². The molecule has 29 heavy (non-hydrogen) atoms.